The van der Waals surface area contributed by atoms with Crippen LogP contribution in [0.2, 0.25) is 0 Å². The molecule has 0 saturated heterocycles. The summed E-state index contributed by atoms with van der Waals surface area (Å²) in [5.41, 5.74) is 1.31. The number of nitrogens with zero attached hydrogens (tertiary/aromatic N) is 4. The van der Waals surface area contributed by atoms with E-state index in [1.54, 1.807) is 17.8 Å². The van der Waals surface area contributed by atoms with Gasteiger partial charge < -0.3 is 0 Å². The summed E-state index contributed by atoms with van der Waals surface area (Å²) in [5.74, 6) is 0.605. The quantitative estimate of drug-likeness (QED) is 0.716. The molecule has 2 aromatic rings. The van der Waals surface area contributed by atoms with Crippen LogP contribution in [-0.2, 0) is 13.5 Å². The largest absolute Gasteiger partial charge is 0.292 e. The molecule has 0 unspecified atom stereocenters. The van der Waals surface area contributed by atoms with E-state index >= 15 is 0 Å². The molecule has 0 aliphatic carbocycles. The van der Waals surface area contributed by atoms with E-state index in [0.717, 1.165) is 5.69 Å². The normalized spacial score (nSPS) is 10.4. The van der Waals surface area contributed by atoms with Gasteiger partial charge in [0.15, 0.2) is 5.78 Å². The average molecular weight is 216 g/mol. The maximum atomic E-state index is 11.9. The Kier molecular flexibility index (Phi) is 2.76. The smallest absolute Gasteiger partial charge is 0.188 e. The molecular weight excluding hydrogens is 204 g/mol. The number of carbonyl (C=O) groups is 1. The summed E-state index contributed by atoms with van der Waals surface area (Å²) >= 11 is 0. The standard InChI is InChI=1S/C11H12N4O/c1-8-4-3-5-9(14-8)10(16)6-11-12-7-13-15(11)2/h3-5,7H,6H2,1-2H3. The Morgan fingerprint density at radius 3 is 2.88 bits per heavy atom. The molecule has 0 N–H and O–H groups in total. The Labute approximate surface area is 93.2 Å². The van der Waals surface area contributed by atoms with E-state index < -0.39 is 0 Å². The SMILES string of the molecule is Cc1cccc(C(=O)Cc2ncnn2C)n1. The van der Waals surface area contributed by atoms with Crippen molar-refractivity contribution in [2.75, 3.05) is 0 Å². The summed E-state index contributed by atoms with van der Waals surface area (Å²) in [6.07, 6.45) is 1.67. The van der Waals surface area contributed by atoms with Gasteiger partial charge in [0.2, 0.25) is 0 Å². The number of carbonyl (C=O) groups excluding carboxylic acids is 1. The first-order valence-electron chi connectivity index (χ1n) is 4.96. The molecule has 0 aliphatic heterocycles. The molecule has 0 saturated carbocycles. The summed E-state index contributed by atoms with van der Waals surface area (Å²) in [6, 6.07) is 5.40. The lowest BCUT2D eigenvalue weighted by molar-refractivity contribution is 0.0984. The lowest BCUT2D eigenvalue weighted by Crippen LogP contribution is -2.10. The van der Waals surface area contributed by atoms with Crippen LogP contribution in [0.1, 0.15) is 22.0 Å². The molecule has 0 radical (unpaired) electrons. The van der Waals surface area contributed by atoms with Gasteiger partial charge in [-0.3, -0.25) is 14.5 Å². The van der Waals surface area contributed by atoms with E-state index in [1.807, 2.05) is 19.1 Å². The second-order valence-electron chi connectivity index (χ2n) is 3.56. The molecule has 0 fully saturated rings. The van der Waals surface area contributed by atoms with Crippen molar-refractivity contribution in [2.24, 2.45) is 7.05 Å². The fourth-order valence-electron chi connectivity index (χ4n) is 1.41. The number of hydrogen-bond donors (Lipinski definition) is 0. The zero-order valence-electron chi connectivity index (χ0n) is 9.21. The average Bonchev–Trinajstić information content (AvgIpc) is 2.64. The fourth-order valence-corrected chi connectivity index (χ4v) is 1.41. The molecule has 16 heavy (non-hydrogen) atoms. The predicted molar refractivity (Wildman–Crippen MR) is 58.0 cm³/mol. The van der Waals surface area contributed by atoms with Crippen LogP contribution in [0.3, 0.4) is 0 Å². The molecule has 5 nitrogen and oxygen atoms in total. The predicted octanol–water partition coefficient (Wildman–Crippen LogP) is 0.944. The highest BCUT2D eigenvalue weighted by Crippen LogP contribution is 2.03. The Morgan fingerprint density at radius 2 is 2.25 bits per heavy atom. The van der Waals surface area contributed by atoms with Gasteiger partial charge in [-0.05, 0) is 19.1 Å². The van der Waals surface area contributed by atoms with Crippen LogP contribution >= 0.6 is 0 Å². The highest BCUT2D eigenvalue weighted by atomic mass is 16.1. The molecule has 2 heterocycles. The van der Waals surface area contributed by atoms with E-state index in [1.165, 1.54) is 6.33 Å². The molecule has 0 bridgehead atoms. The summed E-state index contributed by atoms with van der Waals surface area (Å²) in [5, 5.41) is 3.91. The van der Waals surface area contributed by atoms with Gasteiger partial charge in [0, 0.05) is 12.7 Å². The second kappa shape index (κ2) is 4.22. The van der Waals surface area contributed by atoms with Gasteiger partial charge in [0.1, 0.15) is 17.8 Å². The number of hydrogen-bond acceptors (Lipinski definition) is 4. The number of rotatable bonds is 3. The van der Waals surface area contributed by atoms with Gasteiger partial charge in [0.25, 0.3) is 0 Å². The summed E-state index contributed by atoms with van der Waals surface area (Å²) in [6.45, 7) is 1.86. The van der Waals surface area contributed by atoms with Crippen molar-refractivity contribution in [3.8, 4) is 0 Å². The highest BCUT2D eigenvalue weighted by molar-refractivity contribution is 5.95. The van der Waals surface area contributed by atoms with Crippen molar-refractivity contribution in [3.05, 3.63) is 41.7 Å². The molecular formula is C11H12N4O. The monoisotopic (exact) mass is 216 g/mol. The van der Waals surface area contributed by atoms with Gasteiger partial charge in [-0.15, -0.1) is 0 Å². The van der Waals surface area contributed by atoms with Crippen LogP contribution in [-0.4, -0.2) is 25.5 Å². The first kappa shape index (κ1) is 10.5. The van der Waals surface area contributed by atoms with Crippen LogP contribution in [0.5, 0.6) is 0 Å². The maximum Gasteiger partial charge on any atom is 0.188 e. The van der Waals surface area contributed by atoms with Gasteiger partial charge >= 0.3 is 0 Å². The molecule has 2 aromatic heterocycles. The van der Waals surface area contributed by atoms with Crippen LogP contribution in [0, 0.1) is 6.92 Å². The lowest BCUT2D eigenvalue weighted by Gasteiger charge is -2.00. The number of pyridine rings is 1. The third-order valence-corrected chi connectivity index (χ3v) is 2.30. The molecule has 82 valence electrons. The van der Waals surface area contributed by atoms with Crippen molar-refractivity contribution >= 4 is 5.78 Å². The lowest BCUT2D eigenvalue weighted by atomic mass is 10.2. The Balaban J connectivity index is 2.18. The van der Waals surface area contributed by atoms with Crippen molar-refractivity contribution in [3.63, 3.8) is 0 Å². The number of aryl methyl sites for hydroxylation is 2. The topological polar surface area (TPSA) is 60.7 Å². The molecule has 2 rings (SSSR count). The molecule has 0 amide bonds. The zero-order chi connectivity index (χ0) is 11.5. The summed E-state index contributed by atoms with van der Waals surface area (Å²) < 4.78 is 1.59. The van der Waals surface area contributed by atoms with Gasteiger partial charge in [-0.25, -0.2) is 4.98 Å². The summed E-state index contributed by atoms with van der Waals surface area (Å²) in [7, 11) is 1.76. The second-order valence-corrected chi connectivity index (χ2v) is 3.56. The Hall–Kier alpha value is -2.04. The zero-order valence-corrected chi connectivity index (χ0v) is 9.21. The van der Waals surface area contributed by atoms with Crippen molar-refractivity contribution in [1.82, 2.24) is 19.7 Å². The maximum absolute atomic E-state index is 11.9. The fraction of sp³-hybridized carbons (Fsp3) is 0.273. The highest BCUT2D eigenvalue weighted by Gasteiger charge is 2.11. The van der Waals surface area contributed by atoms with Crippen molar-refractivity contribution < 1.29 is 4.79 Å². The number of Topliss-reactive ketones (excluding diaryl/α,β-unsaturated/α-hetero) is 1. The first-order valence-corrected chi connectivity index (χ1v) is 4.96. The van der Waals surface area contributed by atoms with E-state index in [0.29, 0.717) is 11.5 Å². The van der Waals surface area contributed by atoms with E-state index in [2.05, 4.69) is 15.1 Å². The molecule has 0 aliphatic rings. The van der Waals surface area contributed by atoms with Gasteiger partial charge in [-0.2, -0.15) is 5.10 Å². The van der Waals surface area contributed by atoms with Crippen molar-refractivity contribution in [1.29, 1.82) is 0 Å². The van der Waals surface area contributed by atoms with Crippen LogP contribution < -0.4 is 0 Å². The Morgan fingerprint density at radius 1 is 1.44 bits per heavy atom. The first-order chi connectivity index (χ1) is 7.66. The van der Waals surface area contributed by atoms with Crippen LogP contribution in [0.15, 0.2) is 24.5 Å². The molecule has 0 atom stereocenters. The minimum atomic E-state index is -0.0419. The van der Waals surface area contributed by atoms with E-state index in [4.69, 9.17) is 0 Å². The molecule has 5 heteroatoms. The Bertz CT molecular complexity index is 518. The van der Waals surface area contributed by atoms with E-state index in [-0.39, 0.29) is 12.2 Å². The van der Waals surface area contributed by atoms with Gasteiger partial charge in [-0.1, -0.05) is 6.07 Å². The minimum Gasteiger partial charge on any atom is -0.292 e. The number of ketones is 1. The third-order valence-electron chi connectivity index (χ3n) is 2.30. The van der Waals surface area contributed by atoms with E-state index in [9.17, 15) is 4.79 Å². The third kappa shape index (κ3) is 2.13. The molecule has 0 aromatic carbocycles. The van der Waals surface area contributed by atoms with Crippen LogP contribution in [0.25, 0.3) is 0 Å². The minimum absolute atomic E-state index is 0.0419. The number of aromatic nitrogens is 4. The van der Waals surface area contributed by atoms with Gasteiger partial charge in [0.05, 0.1) is 6.42 Å². The summed E-state index contributed by atoms with van der Waals surface area (Å²) in [4.78, 5) is 20.1. The van der Waals surface area contributed by atoms with Crippen molar-refractivity contribution in [2.45, 2.75) is 13.3 Å². The molecule has 0 spiro atoms. The van der Waals surface area contributed by atoms with Crippen LogP contribution in [0.4, 0.5) is 0 Å².